The van der Waals surface area contributed by atoms with E-state index in [9.17, 15) is 0 Å². The van der Waals surface area contributed by atoms with Gasteiger partial charge < -0.3 is 10.1 Å². The van der Waals surface area contributed by atoms with Gasteiger partial charge in [0.1, 0.15) is 28.9 Å². The molecular formula is C21H26N6OS. The minimum Gasteiger partial charge on any atom is -0.377 e. The molecule has 0 saturated heterocycles. The molecule has 29 heavy (non-hydrogen) atoms. The maximum Gasteiger partial charge on any atom is 0.176 e. The Hall–Kier alpha value is -2.06. The molecule has 0 aromatic carbocycles. The lowest BCUT2D eigenvalue weighted by Gasteiger charge is -2.24. The van der Waals surface area contributed by atoms with Crippen LogP contribution in [-0.2, 0) is 30.7 Å². The second kappa shape index (κ2) is 7.02. The molecule has 1 N–H and O–H groups in total. The Morgan fingerprint density at radius 1 is 1.10 bits per heavy atom. The summed E-state index contributed by atoms with van der Waals surface area (Å²) in [4.78, 5) is 17.5. The summed E-state index contributed by atoms with van der Waals surface area (Å²) in [7, 11) is 1.69. The third-order valence-electron chi connectivity index (χ3n) is 6.28. The molecule has 3 aromatic rings. The summed E-state index contributed by atoms with van der Waals surface area (Å²) < 4.78 is 7.28. The highest BCUT2D eigenvalue weighted by molar-refractivity contribution is 7.19. The summed E-state index contributed by atoms with van der Waals surface area (Å²) in [6, 6.07) is 0.131. The van der Waals surface area contributed by atoms with Crippen molar-refractivity contribution in [2.75, 3.05) is 12.4 Å². The molecule has 3 aliphatic rings. The third kappa shape index (κ3) is 3.13. The molecule has 1 saturated carbocycles. The number of aromatic nitrogens is 5. The molecule has 8 heteroatoms. The van der Waals surface area contributed by atoms with Crippen molar-refractivity contribution in [3.8, 4) is 0 Å². The standard InChI is InChI=1S/C21H26N6OS/c1-28-11-16-23-20-14(6-4-10-27(20)26-16)22-19-17-13-5-2-3-7-15(13)29-21(17)25-18(24-19)12-8-9-12/h12,14H,2-11H2,1H3,(H,22,24,25). The van der Waals surface area contributed by atoms with Crippen molar-refractivity contribution in [2.45, 2.75) is 76.5 Å². The fraction of sp³-hybridized carbons (Fsp3) is 0.619. The Morgan fingerprint density at radius 2 is 2.00 bits per heavy atom. The molecule has 1 aliphatic heterocycles. The Labute approximate surface area is 173 Å². The molecule has 2 aliphatic carbocycles. The van der Waals surface area contributed by atoms with E-state index in [1.807, 2.05) is 16.0 Å². The molecular weight excluding hydrogens is 384 g/mol. The van der Waals surface area contributed by atoms with Crippen molar-refractivity contribution in [3.63, 3.8) is 0 Å². The number of nitrogens with zero attached hydrogens (tertiary/aromatic N) is 5. The van der Waals surface area contributed by atoms with E-state index >= 15 is 0 Å². The number of thiophene rings is 1. The van der Waals surface area contributed by atoms with E-state index < -0.39 is 0 Å². The van der Waals surface area contributed by atoms with E-state index in [4.69, 9.17) is 19.7 Å². The van der Waals surface area contributed by atoms with Gasteiger partial charge in [-0.2, -0.15) is 5.10 Å². The predicted molar refractivity (Wildman–Crippen MR) is 112 cm³/mol. The van der Waals surface area contributed by atoms with Crippen LogP contribution in [0.15, 0.2) is 0 Å². The first-order valence-electron chi connectivity index (χ1n) is 10.8. The van der Waals surface area contributed by atoms with Gasteiger partial charge >= 0.3 is 0 Å². The zero-order chi connectivity index (χ0) is 19.4. The van der Waals surface area contributed by atoms with Crippen LogP contribution in [0.1, 0.15) is 78.4 Å². The van der Waals surface area contributed by atoms with Gasteiger partial charge in [-0.1, -0.05) is 0 Å². The molecule has 1 atom stereocenters. The Balaban J connectivity index is 1.42. The fourth-order valence-corrected chi connectivity index (χ4v) is 5.96. The molecule has 0 radical (unpaired) electrons. The van der Waals surface area contributed by atoms with Gasteiger partial charge in [-0.25, -0.2) is 19.6 Å². The smallest absolute Gasteiger partial charge is 0.176 e. The van der Waals surface area contributed by atoms with Crippen LogP contribution >= 0.6 is 11.3 Å². The first-order valence-corrected chi connectivity index (χ1v) is 11.6. The van der Waals surface area contributed by atoms with Crippen LogP contribution in [0.2, 0.25) is 0 Å². The lowest BCUT2D eigenvalue weighted by Crippen LogP contribution is -2.23. The Kier molecular flexibility index (Phi) is 4.30. The summed E-state index contributed by atoms with van der Waals surface area (Å²) in [5.74, 6) is 4.35. The molecule has 0 spiro atoms. The van der Waals surface area contributed by atoms with E-state index in [1.54, 1.807) is 7.11 Å². The van der Waals surface area contributed by atoms with Crippen molar-refractivity contribution in [1.29, 1.82) is 0 Å². The van der Waals surface area contributed by atoms with Gasteiger partial charge in [0, 0.05) is 24.4 Å². The summed E-state index contributed by atoms with van der Waals surface area (Å²) in [5.41, 5.74) is 1.48. The molecule has 3 aromatic heterocycles. The SMILES string of the molecule is COCc1nc2n(n1)CCCC2Nc1nc(C2CC2)nc2sc3c(c12)CCCC3. The maximum absolute atomic E-state index is 5.24. The van der Waals surface area contributed by atoms with Gasteiger partial charge in [0.25, 0.3) is 0 Å². The molecule has 1 fully saturated rings. The minimum absolute atomic E-state index is 0.131. The number of hydrogen-bond acceptors (Lipinski definition) is 7. The molecule has 4 heterocycles. The number of rotatable bonds is 5. The molecule has 152 valence electrons. The topological polar surface area (TPSA) is 77.8 Å². The monoisotopic (exact) mass is 410 g/mol. The van der Waals surface area contributed by atoms with Crippen LogP contribution in [-0.4, -0.2) is 31.8 Å². The number of methoxy groups -OCH3 is 1. The molecule has 0 amide bonds. The second-order valence-corrected chi connectivity index (χ2v) is 9.56. The van der Waals surface area contributed by atoms with Crippen LogP contribution in [0.5, 0.6) is 0 Å². The predicted octanol–water partition coefficient (Wildman–Crippen LogP) is 4.13. The normalized spacial score (nSPS) is 21.2. The van der Waals surface area contributed by atoms with Gasteiger partial charge in [-0.3, -0.25) is 0 Å². The minimum atomic E-state index is 0.131. The van der Waals surface area contributed by atoms with E-state index in [0.717, 1.165) is 49.1 Å². The van der Waals surface area contributed by atoms with Gasteiger partial charge in [-0.05, 0) is 56.9 Å². The number of nitrogens with one attached hydrogen (secondary N) is 1. The van der Waals surface area contributed by atoms with Crippen LogP contribution < -0.4 is 5.32 Å². The van der Waals surface area contributed by atoms with E-state index in [1.165, 1.54) is 52.8 Å². The van der Waals surface area contributed by atoms with E-state index in [2.05, 4.69) is 10.4 Å². The number of fused-ring (bicyclic) bond motifs is 4. The lowest BCUT2D eigenvalue weighted by atomic mass is 9.96. The zero-order valence-corrected chi connectivity index (χ0v) is 17.6. The highest BCUT2D eigenvalue weighted by atomic mass is 32.1. The zero-order valence-electron chi connectivity index (χ0n) is 16.8. The number of ether oxygens (including phenoxy) is 1. The first-order chi connectivity index (χ1) is 14.3. The average Bonchev–Trinajstić information content (AvgIpc) is 3.38. The average molecular weight is 411 g/mol. The van der Waals surface area contributed by atoms with Gasteiger partial charge in [0.2, 0.25) is 0 Å². The van der Waals surface area contributed by atoms with Crippen molar-refractivity contribution in [3.05, 3.63) is 27.9 Å². The number of aryl methyl sites for hydroxylation is 3. The fourth-order valence-electron chi connectivity index (χ4n) is 4.69. The van der Waals surface area contributed by atoms with Gasteiger partial charge in [0.05, 0.1) is 11.4 Å². The third-order valence-corrected chi connectivity index (χ3v) is 7.46. The van der Waals surface area contributed by atoms with Crippen molar-refractivity contribution in [2.24, 2.45) is 0 Å². The van der Waals surface area contributed by atoms with Crippen molar-refractivity contribution >= 4 is 27.4 Å². The largest absolute Gasteiger partial charge is 0.377 e. The molecule has 0 bridgehead atoms. The Morgan fingerprint density at radius 3 is 2.86 bits per heavy atom. The van der Waals surface area contributed by atoms with Crippen LogP contribution in [0, 0.1) is 0 Å². The van der Waals surface area contributed by atoms with Crippen molar-refractivity contribution < 1.29 is 4.74 Å². The highest BCUT2D eigenvalue weighted by Gasteiger charge is 2.31. The van der Waals surface area contributed by atoms with Gasteiger partial charge in [0.15, 0.2) is 5.82 Å². The molecule has 1 unspecified atom stereocenters. The van der Waals surface area contributed by atoms with Crippen molar-refractivity contribution in [1.82, 2.24) is 24.7 Å². The summed E-state index contributed by atoms with van der Waals surface area (Å²) in [6.45, 7) is 1.37. The van der Waals surface area contributed by atoms with E-state index in [-0.39, 0.29) is 6.04 Å². The van der Waals surface area contributed by atoms with Gasteiger partial charge in [-0.15, -0.1) is 11.3 Å². The maximum atomic E-state index is 5.24. The summed E-state index contributed by atoms with van der Waals surface area (Å²) in [6.07, 6.45) is 9.46. The highest BCUT2D eigenvalue weighted by Crippen LogP contribution is 2.44. The van der Waals surface area contributed by atoms with Crippen LogP contribution in [0.25, 0.3) is 10.2 Å². The summed E-state index contributed by atoms with van der Waals surface area (Å²) in [5, 5.41) is 9.67. The summed E-state index contributed by atoms with van der Waals surface area (Å²) >= 11 is 1.89. The quantitative estimate of drug-likeness (QED) is 0.681. The molecule has 6 rings (SSSR count). The number of hydrogen-bond donors (Lipinski definition) is 1. The first kappa shape index (κ1) is 17.8. The number of anilines is 1. The van der Waals surface area contributed by atoms with Crippen LogP contribution in [0.3, 0.4) is 0 Å². The Bertz CT molecular complexity index is 1070. The van der Waals surface area contributed by atoms with E-state index in [0.29, 0.717) is 12.5 Å². The van der Waals surface area contributed by atoms with Crippen LogP contribution in [0.4, 0.5) is 5.82 Å². The second-order valence-electron chi connectivity index (χ2n) is 8.48. The molecule has 7 nitrogen and oxygen atoms in total. The lowest BCUT2D eigenvalue weighted by molar-refractivity contribution is 0.177.